The van der Waals surface area contributed by atoms with Crippen LogP contribution in [0, 0.1) is 0 Å². The Morgan fingerprint density at radius 3 is 2.00 bits per heavy atom. The van der Waals surface area contributed by atoms with Gasteiger partial charge in [-0.05, 0) is 65.8 Å². The molecule has 2 heteroatoms. The van der Waals surface area contributed by atoms with Crippen molar-refractivity contribution in [3.05, 3.63) is 137 Å². The van der Waals surface area contributed by atoms with Gasteiger partial charge in [-0.3, -0.25) is 4.90 Å². The van der Waals surface area contributed by atoms with E-state index in [9.17, 15) is 0 Å². The summed E-state index contributed by atoms with van der Waals surface area (Å²) in [5.74, 6) is 0. The Hall–Kier alpha value is -3.36. The van der Waals surface area contributed by atoms with Gasteiger partial charge in [-0.1, -0.05) is 104 Å². The predicted molar refractivity (Wildman–Crippen MR) is 143 cm³/mol. The lowest BCUT2D eigenvalue weighted by atomic mass is 9.86. The molecule has 0 aliphatic heterocycles. The molecule has 1 aliphatic rings. The van der Waals surface area contributed by atoms with Crippen LogP contribution in [0.2, 0.25) is 0 Å². The van der Waals surface area contributed by atoms with Crippen LogP contribution >= 0.6 is 0 Å². The molecule has 0 saturated carbocycles. The number of aryl methyl sites for hydroxylation is 1. The summed E-state index contributed by atoms with van der Waals surface area (Å²) >= 11 is 0. The van der Waals surface area contributed by atoms with Gasteiger partial charge in [0.25, 0.3) is 0 Å². The summed E-state index contributed by atoms with van der Waals surface area (Å²) in [5.41, 5.74) is 8.17. The van der Waals surface area contributed by atoms with Gasteiger partial charge in [0, 0.05) is 18.3 Å². The molecule has 2 nitrogen and oxygen atoms in total. The fourth-order valence-corrected chi connectivity index (χ4v) is 5.27. The van der Waals surface area contributed by atoms with Gasteiger partial charge in [-0.15, -0.1) is 0 Å². The normalized spacial score (nSPS) is 15.3. The lowest BCUT2D eigenvalue weighted by molar-refractivity contribution is 0.180. The summed E-state index contributed by atoms with van der Waals surface area (Å²) in [7, 11) is 0. The third kappa shape index (κ3) is 5.24. The molecule has 5 rings (SSSR count). The largest absolute Gasteiger partial charge is 0.374 e. The summed E-state index contributed by atoms with van der Waals surface area (Å²) in [6.45, 7) is 4.41. The average Bonchev–Trinajstić information content (AvgIpc) is 2.91. The third-order valence-electron chi connectivity index (χ3n) is 7.14. The molecule has 1 atom stereocenters. The van der Waals surface area contributed by atoms with Gasteiger partial charge in [-0.25, -0.2) is 0 Å². The zero-order chi connectivity index (χ0) is 23.2. The smallest absolute Gasteiger partial charge is 0.0767 e. The van der Waals surface area contributed by atoms with Crippen molar-refractivity contribution < 1.29 is 0 Å². The summed E-state index contributed by atoms with van der Waals surface area (Å²) < 4.78 is 0. The van der Waals surface area contributed by atoms with Gasteiger partial charge in [0.05, 0.1) is 6.04 Å². The zero-order valence-corrected chi connectivity index (χ0v) is 20.0. The number of nitrogens with one attached hydrogen (secondary N) is 1. The van der Waals surface area contributed by atoms with Crippen molar-refractivity contribution in [2.24, 2.45) is 0 Å². The van der Waals surface area contributed by atoms with Crippen molar-refractivity contribution in [3.8, 4) is 0 Å². The van der Waals surface area contributed by atoms with Crippen LogP contribution in [0.5, 0.6) is 0 Å². The highest BCUT2D eigenvalue weighted by molar-refractivity contribution is 5.53. The molecule has 0 amide bonds. The third-order valence-corrected chi connectivity index (χ3v) is 7.14. The van der Waals surface area contributed by atoms with Crippen molar-refractivity contribution in [1.82, 2.24) is 4.90 Å². The van der Waals surface area contributed by atoms with Crippen LogP contribution in [-0.4, -0.2) is 17.5 Å². The van der Waals surface area contributed by atoms with Gasteiger partial charge >= 0.3 is 0 Å². The summed E-state index contributed by atoms with van der Waals surface area (Å²) in [6, 6.07) is 40.1. The van der Waals surface area contributed by atoms with E-state index in [1.54, 1.807) is 0 Å². The van der Waals surface area contributed by atoms with E-state index in [1.165, 1.54) is 39.9 Å². The van der Waals surface area contributed by atoms with Crippen LogP contribution in [0.3, 0.4) is 0 Å². The van der Waals surface area contributed by atoms with Crippen LogP contribution in [0.4, 0.5) is 5.69 Å². The Morgan fingerprint density at radius 1 is 0.765 bits per heavy atom. The number of hydrogen-bond acceptors (Lipinski definition) is 2. The Labute approximate surface area is 204 Å². The Bertz CT molecular complexity index is 1130. The van der Waals surface area contributed by atoms with Crippen LogP contribution in [0.15, 0.2) is 109 Å². The van der Waals surface area contributed by atoms with E-state index >= 15 is 0 Å². The number of hydrogen-bond donors (Lipinski definition) is 1. The molecule has 0 fully saturated rings. The highest BCUT2D eigenvalue weighted by Crippen LogP contribution is 2.31. The summed E-state index contributed by atoms with van der Waals surface area (Å²) in [6.07, 6.45) is 3.50. The summed E-state index contributed by atoms with van der Waals surface area (Å²) in [4.78, 5) is 2.64. The number of benzene rings is 4. The molecule has 0 saturated heterocycles. The zero-order valence-electron chi connectivity index (χ0n) is 20.0. The quantitative estimate of drug-likeness (QED) is 0.306. The second-order valence-electron chi connectivity index (χ2n) is 9.33. The SMILES string of the molecule is CCN(Cc1ccccc1)C1CCc2cc(NC(c3ccccc3)c3ccccc3)ccc2C1. The highest BCUT2D eigenvalue weighted by atomic mass is 15.1. The molecule has 0 radical (unpaired) electrons. The Kier molecular flexibility index (Phi) is 7.07. The van der Waals surface area contributed by atoms with Crippen LogP contribution in [0.25, 0.3) is 0 Å². The minimum Gasteiger partial charge on any atom is -0.374 e. The molecule has 0 spiro atoms. The number of likely N-dealkylation sites (N-methyl/N-ethyl adjacent to an activating group) is 1. The molecule has 172 valence electrons. The Balaban J connectivity index is 1.33. The van der Waals surface area contributed by atoms with E-state index in [-0.39, 0.29) is 6.04 Å². The molecule has 0 heterocycles. The molecule has 0 bridgehead atoms. The van der Waals surface area contributed by atoms with E-state index in [0.29, 0.717) is 6.04 Å². The maximum absolute atomic E-state index is 3.83. The minimum atomic E-state index is 0.137. The molecule has 4 aromatic carbocycles. The van der Waals surface area contributed by atoms with E-state index in [4.69, 9.17) is 0 Å². The second-order valence-corrected chi connectivity index (χ2v) is 9.33. The molecule has 34 heavy (non-hydrogen) atoms. The molecule has 1 N–H and O–H groups in total. The first-order valence-electron chi connectivity index (χ1n) is 12.6. The molecule has 1 aliphatic carbocycles. The fraction of sp³-hybridized carbons (Fsp3) is 0.250. The number of nitrogens with zero attached hydrogens (tertiary/aromatic N) is 1. The van der Waals surface area contributed by atoms with Gasteiger partial charge < -0.3 is 5.32 Å². The number of rotatable bonds is 8. The maximum Gasteiger partial charge on any atom is 0.0767 e. The highest BCUT2D eigenvalue weighted by Gasteiger charge is 2.24. The molecule has 4 aromatic rings. The van der Waals surface area contributed by atoms with Crippen molar-refractivity contribution in [1.29, 1.82) is 0 Å². The lowest BCUT2D eigenvalue weighted by Gasteiger charge is -2.35. The van der Waals surface area contributed by atoms with E-state index in [0.717, 1.165) is 25.9 Å². The first-order valence-corrected chi connectivity index (χ1v) is 12.6. The first kappa shape index (κ1) is 22.4. The maximum atomic E-state index is 3.83. The van der Waals surface area contributed by atoms with Crippen LogP contribution in [0.1, 0.15) is 47.2 Å². The first-order chi connectivity index (χ1) is 16.8. The standard InChI is InChI=1S/C32H34N2/c1-2-34(24-25-12-6-3-7-13-25)31-21-19-28-22-30(20-18-29(28)23-31)33-32(26-14-8-4-9-15-26)27-16-10-5-11-17-27/h3-18,20,22,31-33H,2,19,21,23-24H2,1H3. The second kappa shape index (κ2) is 10.7. The van der Waals surface area contributed by atoms with Crippen molar-refractivity contribution in [2.45, 2.75) is 44.8 Å². The fourth-order valence-electron chi connectivity index (χ4n) is 5.27. The van der Waals surface area contributed by atoms with E-state index in [2.05, 4.69) is 126 Å². The van der Waals surface area contributed by atoms with Gasteiger partial charge in [0.1, 0.15) is 0 Å². The van der Waals surface area contributed by atoms with Gasteiger partial charge in [0.2, 0.25) is 0 Å². The van der Waals surface area contributed by atoms with Crippen molar-refractivity contribution in [2.75, 3.05) is 11.9 Å². The predicted octanol–water partition coefficient (Wildman–Crippen LogP) is 7.27. The minimum absolute atomic E-state index is 0.137. The van der Waals surface area contributed by atoms with Gasteiger partial charge in [-0.2, -0.15) is 0 Å². The lowest BCUT2D eigenvalue weighted by Crippen LogP contribution is -2.38. The van der Waals surface area contributed by atoms with E-state index < -0.39 is 0 Å². The summed E-state index contributed by atoms with van der Waals surface area (Å²) in [5, 5.41) is 3.83. The van der Waals surface area contributed by atoms with Gasteiger partial charge in [0.15, 0.2) is 0 Å². The van der Waals surface area contributed by atoms with Crippen LogP contribution < -0.4 is 5.32 Å². The Morgan fingerprint density at radius 2 is 1.38 bits per heavy atom. The topological polar surface area (TPSA) is 15.3 Å². The van der Waals surface area contributed by atoms with Crippen molar-refractivity contribution in [3.63, 3.8) is 0 Å². The van der Waals surface area contributed by atoms with Crippen molar-refractivity contribution >= 4 is 5.69 Å². The van der Waals surface area contributed by atoms with E-state index in [1.807, 2.05) is 0 Å². The van der Waals surface area contributed by atoms with Crippen LogP contribution in [-0.2, 0) is 19.4 Å². The number of anilines is 1. The molecule has 0 aromatic heterocycles. The molecule has 1 unspecified atom stereocenters. The average molecular weight is 447 g/mol. The molecular weight excluding hydrogens is 412 g/mol. The monoisotopic (exact) mass is 446 g/mol. The molecular formula is C32H34N2. The number of fused-ring (bicyclic) bond motifs is 1.